The zero-order valence-electron chi connectivity index (χ0n) is 11.2. The quantitative estimate of drug-likeness (QED) is 0.504. The van der Waals surface area contributed by atoms with Crippen molar-refractivity contribution in [2.45, 2.75) is 38.5 Å². The van der Waals surface area contributed by atoms with Crippen LogP contribution in [0.25, 0.3) is 0 Å². The zero-order valence-corrected chi connectivity index (χ0v) is 11.2. The van der Waals surface area contributed by atoms with Crippen molar-refractivity contribution in [3.05, 3.63) is 0 Å². The van der Waals surface area contributed by atoms with Crippen LogP contribution in [0.1, 0.15) is 38.5 Å². The number of urea groups is 1. The standard InChI is InChI=1S/C14H22N2O3/c1-2-3-6-9-15-14(19)16-10-11-7-4-5-8-12(11)13(17)18/h1,11-12H,3-10H2,(H,17,18)(H2,15,16,19). The van der Waals surface area contributed by atoms with Crippen LogP contribution in [0.4, 0.5) is 4.79 Å². The van der Waals surface area contributed by atoms with E-state index in [0.717, 1.165) is 25.7 Å². The number of carboxylic acid groups (broad SMARTS) is 1. The molecule has 2 unspecified atom stereocenters. The summed E-state index contributed by atoms with van der Waals surface area (Å²) in [7, 11) is 0. The van der Waals surface area contributed by atoms with Gasteiger partial charge in [0, 0.05) is 19.5 Å². The Morgan fingerprint density at radius 1 is 1.26 bits per heavy atom. The SMILES string of the molecule is C#CCCCNC(=O)NCC1CCCCC1C(=O)O. The summed E-state index contributed by atoms with van der Waals surface area (Å²) in [5.41, 5.74) is 0. The van der Waals surface area contributed by atoms with Crippen molar-refractivity contribution in [2.75, 3.05) is 13.1 Å². The van der Waals surface area contributed by atoms with Crippen LogP contribution in [0.5, 0.6) is 0 Å². The van der Waals surface area contributed by atoms with Gasteiger partial charge in [-0.3, -0.25) is 4.79 Å². The van der Waals surface area contributed by atoms with Gasteiger partial charge in [-0.25, -0.2) is 4.79 Å². The van der Waals surface area contributed by atoms with Crippen molar-refractivity contribution in [2.24, 2.45) is 11.8 Å². The Hall–Kier alpha value is -1.70. The van der Waals surface area contributed by atoms with Crippen molar-refractivity contribution in [1.29, 1.82) is 0 Å². The van der Waals surface area contributed by atoms with E-state index in [1.165, 1.54) is 0 Å². The maximum absolute atomic E-state index is 11.5. The van der Waals surface area contributed by atoms with Gasteiger partial charge in [0.15, 0.2) is 0 Å². The highest BCUT2D eigenvalue weighted by molar-refractivity contribution is 5.74. The first-order valence-electron chi connectivity index (χ1n) is 6.83. The third kappa shape index (κ3) is 5.64. The second-order valence-electron chi connectivity index (χ2n) is 4.93. The molecule has 106 valence electrons. The molecular formula is C14H22N2O3. The fourth-order valence-electron chi connectivity index (χ4n) is 2.46. The second kappa shape index (κ2) is 8.41. The number of rotatable bonds is 6. The Kier molecular flexibility index (Phi) is 6.80. The molecule has 5 heteroatoms. The molecular weight excluding hydrogens is 244 g/mol. The number of aliphatic carboxylic acids is 1. The molecule has 0 heterocycles. The highest BCUT2D eigenvalue weighted by atomic mass is 16.4. The van der Waals surface area contributed by atoms with Crippen LogP contribution >= 0.6 is 0 Å². The van der Waals surface area contributed by atoms with Gasteiger partial charge < -0.3 is 15.7 Å². The van der Waals surface area contributed by atoms with E-state index in [9.17, 15) is 9.59 Å². The largest absolute Gasteiger partial charge is 0.481 e. The summed E-state index contributed by atoms with van der Waals surface area (Å²) in [6.07, 6.45) is 10.1. The number of terminal acetylenes is 1. The van der Waals surface area contributed by atoms with E-state index in [1.54, 1.807) is 0 Å². The molecule has 0 aliphatic heterocycles. The smallest absolute Gasteiger partial charge is 0.314 e. The molecule has 2 amide bonds. The molecule has 0 radical (unpaired) electrons. The molecule has 0 bridgehead atoms. The molecule has 1 aliphatic carbocycles. The Morgan fingerprint density at radius 3 is 2.68 bits per heavy atom. The van der Waals surface area contributed by atoms with Crippen LogP contribution < -0.4 is 10.6 Å². The van der Waals surface area contributed by atoms with Crippen molar-refractivity contribution in [1.82, 2.24) is 10.6 Å². The van der Waals surface area contributed by atoms with Gasteiger partial charge >= 0.3 is 12.0 Å². The number of amides is 2. The topological polar surface area (TPSA) is 78.4 Å². The molecule has 0 spiro atoms. The van der Waals surface area contributed by atoms with Gasteiger partial charge in [0.2, 0.25) is 0 Å². The van der Waals surface area contributed by atoms with E-state index < -0.39 is 5.97 Å². The monoisotopic (exact) mass is 266 g/mol. The number of unbranched alkanes of at least 4 members (excludes halogenated alkanes) is 1. The van der Waals surface area contributed by atoms with E-state index >= 15 is 0 Å². The van der Waals surface area contributed by atoms with Crippen molar-refractivity contribution in [3.8, 4) is 12.3 Å². The molecule has 3 N–H and O–H groups in total. The normalized spacial score (nSPS) is 22.3. The summed E-state index contributed by atoms with van der Waals surface area (Å²) in [5, 5.41) is 14.6. The van der Waals surface area contributed by atoms with Gasteiger partial charge in [0.25, 0.3) is 0 Å². The van der Waals surface area contributed by atoms with Crippen LogP contribution in [0.15, 0.2) is 0 Å². The maximum atomic E-state index is 11.5. The third-order valence-corrected chi connectivity index (χ3v) is 3.53. The fourth-order valence-corrected chi connectivity index (χ4v) is 2.46. The first kappa shape index (κ1) is 15.4. The number of hydrogen-bond acceptors (Lipinski definition) is 2. The van der Waals surface area contributed by atoms with Gasteiger partial charge in [-0.15, -0.1) is 12.3 Å². The lowest BCUT2D eigenvalue weighted by molar-refractivity contribution is -0.144. The molecule has 0 aromatic heterocycles. The van der Waals surface area contributed by atoms with E-state index in [-0.39, 0.29) is 17.9 Å². The van der Waals surface area contributed by atoms with Gasteiger partial charge in [-0.1, -0.05) is 12.8 Å². The number of carbonyl (C=O) groups is 2. The average molecular weight is 266 g/mol. The molecule has 1 saturated carbocycles. The maximum Gasteiger partial charge on any atom is 0.314 e. The Balaban J connectivity index is 2.24. The van der Waals surface area contributed by atoms with Crippen molar-refractivity contribution < 1.29 is 14.7 Å². The second-order valence-corrected chi connectivity index (χ2v) is 4.93. The van der Waals surface area contributed by atoms with Gasteiger partial charge in [-0.2, -0.15) is 0 Å². The van der Waals surface area contributed by atoms with E-state index in [4.69, 9.17) is 11.5 Å². The fraction of sp³-hybridized carbons (Fsp3) is 0.714. The molecule has 1 aliphatic rings. The molecule has 2 atom stereocenters. The van der Waals surface area contributed by atoms with Gasteiger partial charge in [-0.05, 0) is 25.2 Å². The lowest BCUT2D eigenvalue weighted by atomic mass is 9.79. The Labute approximate surface area is 114 Å². The number of hydrogen-bond donors (Lipinski definition) is 3. The highest BCUT2D eigenvalue weighted by Gasteiger charge is 2.30. The first-order chi connectivity index (χ1) is 9.15. The number of carbonyl (C=O) groups excluding carboxylic acids is 1. The van der Waals surface area contributed by atoms with Gasteiger partial charge in [0.1, 0.15) is 0 Å². The minimum Gasteiger partial charge on any atom is -0.481 e. The molecule has 19 heavy (non-hydrogen) atoms. The van der Waals surface area contributed by atoms with Crippen LogP contribution in [-0.2, 0) is 4.79 Å². The summed E-state index contributed by atoms with van der Waals surface area (Å²) in [5.74, 6) is 1.48. The van der Waals surface area contributed by atoms with E-state index in [2.05, 4.69) is 16.6 Å². The molecule has 1 rings (SSSR count). The average Bonchev–Trinajstić information content (AvgIpc) is 2.41. The number of nitrogens with one attached hydrogen (secondary N) is 2. The van der Waals surface area contributed by atoms with Crippen LogP contribution in [-0.4, -0.2) is 30.2 Å². The minimum absolute atomic E-state index is 0.0442. The van der Waals surface area contributed by atoms with Crippen molar-refractivity contribution in [3.63, 3.8) is 0 Å². The summed E-state index contributed by atoms with van der Waals surface area (Å²) in [6, 6.07) is -0.244. The third-order valence-electron chi connectivity index (χ3n) is 3.53. The minimum atomic E-state index is -0.749. The predicted octanol–water partition coefficient (Wildman–Crippen LogP) is 1.59. The Morgan fingerprint density at radius 2 is 2.00 bits per heavy atom. The molecule has 5 nitrogen and oxygen atoms in total. The molecule has 0 aromatic rings. The summed E-state index contributed by atoms with van der Waals surface area (Å²) < 4.78 is 0. The lowest BCUT2D eigenvalue weighted by Gasteiger charge is -2.28. The highest BCUT2D eigenvalue weighted by Crippen LogP contribution is 2.29. The Bertz CT molecular complexity index is 349. The predicted molar refractivity (Wildman–Crippen MR) is 72.6 cm³/mol. The molecule has 1 fully saturated rings. The van der Waals surface area contributed by atoms with Crippen LogP contribution in [0, 0.1) is 24.2 Å². The first-order valence-corrected chi connectivity index (χ1v) is 6.83. The zero-order chi connectivity index (χ0) is 14.1. The number of carboxylic acids is 1. The lowest BCUT2D eigenvalue weighted by Crippen LogP contribution is -2.42. The van der Waals surface area contributed by atoms with Crippen molar-refractivity contribution >= 4 is 12.0 Å². The molecule has 0 aromatic carbocycles. The van der Waals surface area contributed by atoms with Gasteiger partial charge in [0.05, 0.1) is 5.92 Å². The summed E-state index contributed by atoms with van der Waals surface area (Å²) >= 11 is 0. The van der Waals surface area contributed by atoms with Crippen LogP contribution in [0.3, 0.4) is 0 Å². The van der Waals surface area contributed by atoms with E-state index in [1.807, 2.05) is 0 Å². The van der Waals surface area contributed by atoms with E-state index in [0.29, 0.717) is 25.9 Å². The summed E-state index contributed by atoms with van der Waals surface area (Å²) in [6.45, 7) is 0.973. The van der Waals surface area contributed by atoms with Crippen LogP contribution in [0.2, 0.25) is 0 Å². The summed E-state index contributed by atoms with van der Waals surface area (Å²) in [4.78, 5) is 22.6. The molecule has 0 saturated heterocycles.